The Kier molecular flexibility index (Phi) is 9.10. The van der Waals surface area contributed by atoms with Crippen molar-refractivity contribution in [1.29, 1.82) is 0 Å². The summed E-state index contributed by atoms with van der Waals surface area (Å²) in [5.74, 6) is 2.30. The van der Waals surface area contributed by atoms with Crippen LogP contribution in [-0.4, -0.2) is 29.9 Å². The molecule has 0 saturated carbocycles. The lowest BCUT2D eigenvalue weighted by Crippen LogP contribution is -2.33. The molecule has 0 aliphatic carbocycles. The highest BCUT2D eigenvalue weighted by atomic mass is 15.2. The summed E-state index contributed by atoms with van der Waals surface area (Å²) >= 11 is 0. The highest BCUT2D eigenvalue weighted by molar-refractivity contribution is 5.82. The van der Waals surface area contributed by atoms with Crippen molar-refractivity contribution in [2.75, 3.05) is 13.6 Å². The van der Waals surface area contributed by atoms with E-state index in [4.69, 9.17) is 4.99 Å². The van der Waals surface area contributed by atoms with E-state index in [-0.39, 0.29) is 5.54 Å². The summed E-state index contributed by atoms with van der Waals surface area (Å²) in [4.78, 5) is 7.48. The van der Waals surface area contributed by atoms with Gasteiger partial charge in [-0.1, -0.05) is 57.2 Å². The first kappa shape index (κ1) is 20.7. The molecule has 0 spiro atoms. The smallest absolute Gasteiger partial charge is 0.0993 e. The Hall–Kier alpha value is -1.31. The zero-order chi connectivity index (χ0) is 18.0. The van der Waals surface area contributed by atoms with Crippen LogP contribution >= 0.6 is 0 Å². The molecule has 1 aliphatic rings. The fourth-order valence-corrected chi connectivity index (χ4v) is 2.99. The third-order valence-corrected chi connectivity index (χ3v) is 4.34. The molecule has 2 nitrogen and oxygen atoms in total. The van der Waals surface area contributed by atoms with E-state index < -0.39 is 0 Å². The molecule has 0 N–H and O–H groups in total. The highest BCUT2D eigenvalue weighted by Crippen LogP contribution is 2.21. The van der Waals surface area contributed by atoms with E-state index in [1.54, 1.807) is 0 Å². The van der Waals surface area contributed by atoms with Crippen LogP contribution in [0.15, 0.2) is 41.4 Å². The van der Waals surface area contributed by atoms with Crippen LogP contribution in [-0.2, 0) is 0 Å². The van der Waals surface area contributed by atoms with Gasteiger partial charge >= 0.3 is 0 Å². The average molecular weight is 331 g/mol. The van der Waals surface area contributed by atoms with Gasteiger partial charge in [-0.2, -0.15) is 0 Å². The van der Waals surface area contributed by atoms with Crippen molar-refractivity contribution in [2.24, 2.45) is 16.8 Å². The summed E-state index contributed by atoms with van der Waals surface area (Å²) in [5, 5.41) is 0. The summed E-state index contributed by atoms with van der Waals surface area (Å²) < 4.78 is 0. The topological polar surface area (TPSA) is 15.6 Å². The van der Waals surface area contributed by atoms with E-state index in [0.717, 1.165) is 32.2 Å². The van der Waals surface area contributed by atoms with Gasteiger partial charge in [0.1, 0.15) is 0 Å². The minimum Gasteiger partial charge on any atom is -0.363 e. The average Bonchev–Trinajstić information content (AvgIpc) is 2.51. The molecule has 0 amide bonds. The second kappa shape index (κ2) is 10.5. The fourth-order valence-electron chi connectivity index (χ4n) is 2.99. The lowest BCUT2D eigenvalue weighted by Gasteiger charge is -2.28. The number of amidine groups is 1. The SMILES string of the molecule is CCCC1=NC(C)(C)CCCC=CC(/C=C\C=C/C(C)C)CN1C. The summed E-state index contributed by atoms with van der Waals surface area (Å²) in [7, 11) is 2.20. The molecular formula is C22H38N2. The molecule has 24 heavy (non-hydrogen) atoms. The molecule has 136 valence electrons. The van der Waals surface area contributed by atoms with Gasteiger partial charge in [-0.3, -0.25) is 4.99 Å². The minimum absolute atomic E-state index is 0.0439. The quantitative estimate of drug-likeness (QED) is 0.444. The maximum atomic E-state index is 5.11. The summed E-state index contributed by atoms with van der Waals surface area (Å²) in [6.07, 6.45) is 19.4. The number of hydrogen-bond acceptors (Lipinski definition) is 2. The van der Waals surface area contributed by atoms with Crippen molar-refractivity contribution in [3.8, 4) is 0 Å². The molecule has 0 saturated heterocycles. The lowest BCUT2D eigenvalue weighted by molar-refractivity contribution is 0.426. The molecule has 0 aromatic heterocycles. The van der Waals surface area contributed by atoms with E-state index >= 15 is 0 Å². The molecule has 1 rings (SSSR count). The van der Waals surface area contributed by atoms with Crippen LogP contribution in [0, 0.1) is 11.8 Å². The Morgan fingerprint density at radius 1 is 1.33 bits per heavy atom. The Labute approximate surface area is 150 Å². The number of nitrogens with zero attached hydrogens (tertiary/aromatic N) is 2. The third kappa shape index (κ3) is 8.52. The van der Waals surface area contributed by atoms with Gasteiger partial charge in [-0.25, -0.2) is 0 Å². The van der Waals surface area contributed by atoms with Crippen molar-refractivity contribution in [3.63, 3.8) is 0 Å². The summed E-state index contributed by atoms with van der Waals surface area (Å²) in [6, 6.07) is 0. The molecule has 0 fully saturated rings. The second-order valence-corrected chi connectivity index (χ2v) is 7.97. The predicted octanol–water partition coefficient (Wildman–Crippen LogP) is 6.02. The normalized spacial score (nSPS) is 23.0. The molecule has 1 atom stereocenters. The van der Waals surface area contributed by atoms with Crippen LogP contribution in [0.5, 0.6) is 0 Å². The molecule has 2 heteroatoms. The Morgan fingerprint density at radius 2 is 2.08 bits per heavy atom. The molecule has 1 aliphatic heterocycles. The van der Waals surface area contributed by atoms with Crippen LogP contribution in [0.1, 0.15) is 66.7 Å². The van der Waals surface area contributed by atoms with Gasteiger partial charge in [0.15, 0.2) is 0 Å². The van der Waals surface area contributed by atoms with Gasteiger partial charge < -0.3 is 4.90 Å². The predicted molar refractivity (Wildman–Crippen MR) is 109 cm³/mol. The van der Waals surface area contributed by atoms with Crippen molar-refractivity contribution < 1.29 is 0 Å². The second-order valence-electron chi connectivity index (χ2n) is 7.97. The minimum atomic E-state index is 0.0439. The highest BCUT2D eigenvalue weighted by Gasteiger charge is 2.19. The number of aliphatic imine (C=N–C) groups is 1. The van der Waals surface area contributed by atoms with E-state index in [9.17, 15) is 0 Å². The van der Waals surface area contributed by atoms with Gasteiger partial charge in [0, 0.05) is 25.9 Å². The first-order chi connectivity index (χ1) is 11.3. The molecule has 0 radical (unpaired) electrons. The van der Waals surface area contributed by atoms with Gasteiger partial charge in [0.25, 0.3) is 0 Å². The zero-order valence-corrected chi connectivity index (χ0v) is 16.8. The van der Waals surface area contributed by atoms with Crippen molar-refractivity contribution in [2.45, 2.75) is 72.3 Å². The van der Waals surface area contributed by atoms with Gasteiger partial charge in [0.05, 0.1) is 11.4 Å². The largest absolute Gasteiger partial charge is 0.363 e. The first-order valence-electron chi connectivity index (χ1n) is 9.65. The molecule has 1 heterocycles. The maximum Gasteiger partial charge on any atom is 0.0993 e. The van der Waals surface area contributed by atoms with E-state index in [2.05, 4.69) is 83.0 Å². The molecule has 0 aromatic carbocycles. The third-order valence-electron chi connectivity index (χ3n) is 4.34. The van der Waals surface area contributed by atoms with Gasteiger partial charge in [0.2, 0.25) is 0 Å². The fraction of sp³-hybridized carbons (Fsp3) is 0.682. The Bertz CT molecular complexity index is 466. The van der Waals surface area contributed by atoms with Gasteiger partial charge in [-0.15, -0.1) is 0 Å². The molecule has 1 unspecified atom stereocenters. The van der Waals surface area contributed by atoms with Crippen molar-refractivity contribution in [3.05, 3.63) is 36.5 Å². The summed E-state index contributed by atoms with van der Waals surface area (Å²) in [5.41, 5.74) is 0.0439. The van der Waals surface area contributed by atoms with E-state index in [1.165, 1.54) is 12.3 Å². The first-order valence-corrected chi connectivity index (χ1v) is 9.65. The van der Waals surface area contributed by atoms with Crippen LogP contribution in [0.3, 0.4) is 0 Å². The maximum absolute atomic E-state index is 5.11. The number of hydrogen-bond donors (Lipinski definition) is 0. The molecular weight excluding hydrogens is 292 g/mol. The van der Waals surface area contributed by atoms with Crippen LogP contribution in [0.4, 0.5) is 0 Å². The number of rotatable bonds is 5. The van der Waals surface area contributed by atoms with Gasteiger partial charge in [-0.05, 0) is 45.4 Å². The lowest BCUT2D eigenvalue weighted by atomic mass is 9.97. The van der Waals surface area contributed by atoms with Crippen LogP contribution in [0.2, 0.25) is 0 Å². The van der Waals surface area contributed by atoms with Crippen molar-refractivity contribution in [1.82, 2.24) is 4.90 Å². The van der Waals surface area contributed by atoms with Crippen molar-refractivity contribution >= 4 is 5.84 Å². The Balaban J connectivity index is 2.93. The standard InChI is InChI=1S/C22H38N2/c1-7-13-21-23-22(4,5)17-12-8-9-15-20(18-24(21)6)16-11-10-14-19(2)3/h9-11,14-16,19-20H,7-8,12-13,17-18H2,1-6H3/b14-10-,15-9?,16-11-,23-21?. The Morgan fingerprint density at radius 3 is 2.75 bits per heavy atom. The van der Waals surface area contributed by atoms with Crippen LogP contribution in [0.25, 0.3) is 0 Å². The van der Waals surface area contributed by atoms with E-state index in [1.807, 2.05) is 0 Å². The molecule has 0 aromatic rings. The van der Waals surface area contributed by atoms with Crippen LogP contribution < -0.4 is 0 Å². The summed E-state index contributed by atoms with van der Waals surface area (Å²) in [6.45, 7) is 12.2. The monoisotopic (exact) mass is 330 g/mol. The number of allylic oxidation sites excluding steroid dienone is 4. The van der Waals surface area contributed by atoms with E-state index in [0.29, 0.717) is 11.8 Å². The zero-order valence-electron chi connectivity index (χ0n) is 16.8. The molecule has 0 bridgehead atoms.